The van der Waals surface area contributed by atoms with Gasteiger partial charge in [0, 0.05) is 11.8 Å². The van der Waals surface area contributed by atoms with Crippen molar-refractivity contribution < 1.29 is 35.8 Å². The highest BCUT2D eigenvalue weighted by molar-refractivity contribution is 6.17. The molecule has 0 radical (unpaired) electrons. The Morgan fingerprint density at radius 3 is 2.11 bits per heavy atom. The van der Waals surface area contributed by atoms with Crippen LogP contribution in [-0.4, -0.2) is 18.5 Å². The van der Waals surface area contributed by atoms with E-state index in [1.54, 1.807) is 0 Å². The minimum Gasteiger partial charge on any atom is -0.492 e. The molecule has 0 bridgehead atoms. The van der Waals surface area contributed by atoms with Gasteiger partial charge in [-0.2, -0.15) is 13.2 Å². The van der Waals surface area contributed by atoms with E-state index in [0.29, 0.717) is 6.20 Å². The fourth-order valence-electron chi connectivity index (χ4n) is 1.24. The highest BCUT2D eigenvalue weighted by Crippen LogP contribution is 2.44. The number of alkyl halides is 7. The lowest BCUT2D eigenvalue weighted by atomic mass is 10.2. The van der Waals surface area contributed by atoms with E-state index in [0.717, 1.165) is 7.11 Å². The van der Waals surface area contributed by atoms with Gasteiger partial charge in [-0.1, -0.05) is 0 Å². The van der Waals surface area contributed by atoms with Crippen LogP contribution in [0.1, 0.15) is 11.3 Å². The van der Waals surface area contributed by atoms with Crippen LogP contribution in [0, 0.1) is 0 Å². The van der Waals surface area contributed by atoms with Gasteiger partial charge in [0.2, 0.25) is 5.75 Å². The van der Waals surface area contributed by atoms with Gasteiger partial charge in [-0.05, 0) is 0 Å². The Labute approximate surface area is 108 Å². The van der Waals surface area contributed by atoms with Gasteiger partial charge in [0.25, 0.3) is 0 Å². The molecule has 0 saturated heterocycles. The SMILES string of the molecule is COc1c(CCl)cnc(C(F)(F)F)c1OC(F)(F)F. The van der Waals surface area contributed by atoms with Crippen LogP contribution < -0.4 is 9.47 Å². The third-order valence-corrected chi connectivity index (χ3v) is 2.18. The molecule has 0 aromatic carbocycles. The Hall–Kier alpha value is -1.38. The second-order valence-corrected chi connectivity index (χ2v) is 3.44. The molecule has 0 aliphatic carbocycles. The number of nitrogens with zero attached hydrogens (tertiary/aromatic N) is 1. The minimum atomic E-state index is -5.32. The molecular formula is C9H6ClF6NO2. The Balaban J connectivity index is 3.49. The van der Waals surface area contributed by atoms with E-state index >= 15 is 0 Å². The van der Waals surface area contributed by atoms with Gasteiger partial charge in [0.15, 0.2) is 11.4 Å². The van der Waals surface area contributed by atoms with Crippen molar-refractivity contribution in [2.75, 3.05) is 7.11 Å². The molecule has 0 N–H and O–H groups in total. The smallest absolute Gasteiger partial charge is 0.492 e. The van der Waals surface area contributed by atoms with E-state index in [1.165, 1.54) is 0 Å². The summed E-state index contributed by atoms with van der Waals surface area (Å²) in [4.78, 5) is 2.90. The zero-order valence-electron chi connectivity index (χ0n) is 9.19. The number of halogens is 7. The summed E-state index contributed by atoms with van der Waals surface area (Å²) < 4.78 is 82.1. The lowest BCUT2D eigenvalue weighted by molar-refractivity contribution is -0.277. The summed E-state index contributed by atoms with van der Waals surface area (Å²) in [6.07, 6.45) is -9.77. The summed E-state index contributed by atoms with van der Waals surface area (Å²) in [7, 11) is 0.898. The quantitative estimate of drug-likeness (QED) is 0.629. The summed E-state index contributed by atoms with van der Waals surface area (Å²) in [5, 5.41) is 0. The number of aromatic nitrogens is 1. The van der Waals surface area contributed by atoms with Gasteiger partial charge in [-0.25, -0.2) is 4.98 Å². The summed E-state index contributed by atoms with van der Waals surface area (Å²) in [6, 6.07) is 0. The van der Waals surface area contributed by atoms with Crippen LogP contribution in [0.4, 0.5) is 26.3 Å². The standard InChI is InChI=1S/C9H6ClF6NO2/c1-18-5-4(2-10)3-17-7(8(11,12)13)6(5)19-9(14,15)16/h3H,2H2,1H3. The van der Waals surface area contributed by atoms with Crippen molar-refractivity contribution in [3.63, 3.8) is 0 Å². The molecular weight excluding hydrogens is 304 g/mol. The number of ether oxygens (including phenoxy) is 2. The van der Waals surface area contributed by atoms with Crippen LogP contribution in [0.3, 0.4) is 0 Å². The highest BCUT2D eigenvalue weighted by Gasteiger charge is 2.43. The third kappa shape index (κ3) is 3.79. The minimum absolute atomic E-state index is 0.156. The zero-order valence-corrected chi connectivity index (χ0v) is 9.95. The van der Waals surface area contributed by atoms with E-state index in [4.69, 9.17) is 11.6 Å². The van der Waals surface area contributed by atoms with E-state index in [1.807, 2.05) is 0 Å². The molecule has 0 saturated carbocycles. The molecule has 0 amide bonds. The predicted molar refractivity (Wildman–Crippen MR) is 52.0 cm³/mol. The number of hydrogen-bond donors (Lipinski definition) is 0. The van der Waals surface area contributed by atoms with Crippen molar-refractivity contribution in [3.8, 4) is 11.5 Å². The van der Waals surface area contributed by atoms with Crippen molar-refractivity contribution in [2.24, 2.45) is 0 Å². The van der Waals surface area contributed by atoms with E-state index in [-0.39, 0.29) is 11.4 Å². The first-order chi connectivity index (χ1) is 8.60. The molecule has 19 heavy (non-hydrogen) atoms. The molecule has 1 aromatic rings. The molecule has 0 spiro atoms. The van der Waals surface area contributed by atoms with Gasteiger partial charge in [0.05, 0.1) is 13.0 Å². The maximum absolute atomic E-state index is 12.6. The van der Waals surface area contributed by atoms with Gasteiger partial charge in [0.1, 0.15) is 0 Å². The fourth-order valence-corrected chi connectivity index (χ4v) is 1.43. The molecule has 108 valence electrons. The first-order valence-corrected chi connectivity index (χ1v) is 5.08. The average Bonchev–Trinajstić information content (AvgIpc) is 2.24. The zero-order chi connectivity index (χ0) is 14.8. The lowest BCUT2D eigenvalue weighted by Crippen LogP contribution is -2.22. The van der Waals surface area contributed by atoms with Gasteiger partial charge >= 0.3 is 12.5 Å². The molecule has 0 fully saturated rings. The molecule has 0 aliphatic heterocycles. The van der Waals surface area contributed by atoms with Crippen LogP contribution >= 0.6 is 11.6 Å². The van der Waals surface area contributed by atoms with Crippen LogP contribution in [0.15, 0.2) is 6.20 Å². The molecule has 10 heteroatoms. The number of hydrogen-bond acceptors (Lipinski definition) is 3. The number of pyridine rings is 1. The number of rotatable bonds is 3. The molecule has 1 rings (SSSR count). The van der Waals surface area contributed by atoms with Crippen molar-refractivity contribution in [2.45, 2.75) is 18.4 Å². The Morgan fingerprint density at radius 2 is 1.74 bits per heavy atom. The van der Waals surface area contributed by atoms with Crippen LogP contribution in [0.25, 0.3) is 0 Å². The van der Waals surface area contributed by atoms with E-state index < -0.39 is 29.7 Å². The molecule has 0 atom stereocenters. The first kappa shape index (κ1) is 15.7. The van der Waals surface area contributed by atoms with Crippen LogP contribution in [0.2, 0.25) is 0 Å². The van der Waals surface area contributed by atoms with Crippen molar-refractivity contribution in [3.05, 3.63) is 17.5 Å². The van der Waals surface area contributed by atoms with Crippen molar-refractivity contribution in [1.82, 2.24) is 4.98 Å². The first-order valence-electron chi connectivity index (χ1n) is 4.55. The monoisotopic (exact) mass is 309 g/mol. The van der Waals surface area contributed by atoms with E-state index in [9.17, 15) is 26.3 Å². The Bertz CT molecular complexity index is 459. The predicted octanol–water partition coefficient (Wildman–Crippen LogP) is 3.75. The fraction of sp³-hybridized carbons (Fsp3) is 0.444. The van der Waals surface area contributed by atoms with Crippen molar-refractivity contribution in [1.29, 1.82) is 0 Å². The lowest BCUT2D eigenvalue weighted by Gasteiger charge is -2.18. The normalized spacial score (nSPS) is 12.4. The van der Waals surface area contributed by atoms with Gasteiger partial charge in [-0.15, -0.1) is 24.8 Å². The second-order valence-electron chi connectivity index (χ2n) is 3.17. The largest absolute Gasteiger partial charge is 0.573 e. The summed E-state index contributed by atoms with van der Waals surface area (Å²) in [5.74, 6) is -2.70. The number of methoxy groups -OCH3 is 1. The molecule has 1 heterocycles. The summed E-state index contributed by atoms with van der Waals surface area (Å²) >= 11 is 5.38. The van der Waals surface area contributed by atoms with Crippen molar-refractivity contribution >= 4 is 11.6 Å². The third-order valence-electron chi connectivity index (χ3n) is 1.90. The molecule has 0 unspecified atom stereocenters. The molecule has 3 nitrogen and oxygen atoms in total. The second kappa shape index (κ2) is 5.32. The molecule has 1 aromatic heterocycles. The highest BCUT2D eigenvalue weighted by atomic mass is 35.5. The molecule has 0 aliphatic rings. The summed E-state index contributed by atoms with van der Waals surface area (Å²) in [5.41, 5.74) is -1.99. The van der Waals surface area contributed by atoms with Crippen LogP contribution in [-0.2, 0) is 12.1 Å². The van der Waals surface area contributed by atoms with Gasteiger partial charge < -0.3 is 9.47 Å². The van der Waals surface area contributed by atoms with E-state index in [2.05, 4.69) is 14.5 Å². The Kier molecular flexibility index (Phi) is 4.39. The topological polar surface area (TPSA) is 31.4 Å². The van der Waals surface area contributed by atoms with Gasteiger partial charge in [-0.3, -0.25) is 0 Å². The summed E-state index contributed by atoms with van der Waals surface area (Å²) in [6.45, 7) is 0. The maximum atomic E-state index is 12.6. The maximum Gasteiger partial charge on any atom is 0.573 e. The van der Waals surface area contributed by atoms with Crippen LogP contribution in [0.5, 0.6) is 11.5 Å². The average molecular weight is 310 g/mol. The Morgan fingerprint density at radius 1 is 1.16 bits per heavy atom.